The number of amides is 1. The molecule has 1 aromatic carbocycles. The molecule has 2 atom stereocenters. The molecule has 0 aliphatic carbocycles. The maximum Gasteiger partial charge on any atom is 0.227 e. The van der Waals surface area contributed by atoms with Crippen molar-refractivity contribution in [2.45, 2.75) is 18.9 Å². The zero-order valence-electron chi connectivity index (χ0n) is 11.0. The summed E-state index contributed by atoms with van der Waals surface area (Å²) in [7, 11) is 0. The lowest BCUT2D eigenvalue weighted by molar-refractivity contribution is -0.122. The summed E-state index contributed by atoms with van der Waals surface area (Å²) in [4.78, 5) is 12.0. The molecule has 2 unspecified atom stereocenters. The lowest BCUT2D eigenvalue weighted by Gasteiger charge is -2.15. The highest BCUT2D eigenvalue weighted by Crippen LogP contribution is 2.19. The molecule has 5 heteroatoms. The highest BCUT2D eigenvalue weighted by atomic mass is 35.5. The molecule has 2 aromatic rings. The second-order valence-corrected chi connectivity index (χ2v) is 5.81. The van der Waals surface area contributed by atoms with Crippen LogP contribution in [0.4, 0.5) is 0 Å². The van der Waals surface area contributed by atoms with E-state index in [2.05, 4.69) is 5.32 Å². The molecule has 1 amide bonds. The number of aliphatic hydroxyl groups is 1. The Hall–Kier alpha value is -1.36. The van der Waals surface area contributed by atoms with E-state index in [9.17, 15) is 9.90 Å². The van der Waals surface area contributed by atoms with Crippen LogP contribution >= 0.6 is 22.9 Å². The summed E-state index contributed by atoms with van der Waals surface area (Å²) in [5.74, 6) is -0.296. The Morgan fingerprint density at radius 3 is 2.60 bits per heavy atom. The largest absolute Gasteiger partial charge is 0.387 e. The van der Waals surface area contributed by atoms with Gasteiger partial charge < -0.3 is 10.4 Å². The molecule has 1 aromatic heterocycles. The topological polar surface area (TPSA) is 49.3 Å². The summed E-state index contributed by atoms with van der Waals surface area (Å²) in [6.45, 7) is 2.04. The number of benzene rings is 1. The van der Waals surface area contributed by atoms with Crippen LogP contribution in [0.5, 0.6) is 0 Å². The number of aliphatic hydroxyl groups excluding tert-OH is 1. The molecule has 0 radical (unpaired) electrons. The third-order valence-corrected chi connectivity index (χ3v) is 4.11. The fourth-order valence-electron chi connectivity index (χ4n) is 1.83. The van der Waals surface area contributed by atoms with Gasteiger partial charge in [0.05, 0.1) is 12.0 Å². The molecule has 1 heterocycles. The second kappa shape index (κ2) is 6.88. The molecule has 0 spiro atoms. The minimum absolute atomic E-state index is 0.0867. The number of carbonyl (C=O) groups is 1. The number of thiophene rings is 1. The zero-order valence-corrected chi connectivity index (χ0v) is 12.6. The Balaban J connectivity index is 1.88. The smallest absolute Gasteiger partial charge is 0.227 e. The fourth-order valence-corrected chi connectivity index (χ4v) is 2.71. The number of carbonyl (C=O) groups excluding carboxylic acids is 1. The van der Waals surface area contributed by atoms with Gasteiger partial charge >= 0.3 is 0 Å². The molecular formula is C15H16ClNO2S. The van der Waals surface area contributed by atoms with E-state index in [0.717, 1.165) is 11.1 Å². The summed E-state index contributed by atoms with van der Waals surface area (Å²) >= 11 is 7.36. The van der Waals surface area contributed by atoms with E-state index in [-0.39, 0.29) is 18.4 Å². The van der Waals surface area contributed by atoms with Gasteiger partial charge in [0.25, 0.3) is 0 Å². The quantitative estimate of drug-likeness (QED) is 0.890. The van der Waals surface area contributed by atoms with Crippen LogP contribution in [-0.2, 0) is 4.79 Å². The first-order chi connectivity index (χ1) is 9.58. The Morgan fingerprint density at radius 2 is 2.00 bits per heavy atom. The molecule has 0 bridgehead atoms. The van der Waals surface area contributed by atoms with E-state index >= 15 is 0 Å². The van der Waals surface area contributed by atoms with Gasteiger partial charge in [-0.15, -0.1) is 0 Å². The van der Waals surface area contributed by atoms with E-state index in [1.165, 1.54) is 0 Å². The van der Waals surface area contributed by atoms with Gasteiger partial charge in [-0.1, -0.05) is 23.7 Å². The Bertz CT molecular complexity index is 554. The van der Waals surface area contributed by atoms with Crippen LogP contribution in [0.15, 0.2) is 41.1 Å². The van der Waals surface area contributed by atoms with Crippen molar-refractivity contribution in [3.8, 4) is 0 Å². The third kappa shape index (κ3) is 3.82. The Morgan fingerprint density at radius 1 is 1.30 bits per heavy atom. The third-order valence-electron chi connectivity index (χ3n) is 3.16. The molecule has 20 heavy (non-hydrogen) atoms. The summed E-state index contributed by atoms with van der Waals surface area (Å²) in [5.41, 5.74) is 1.73. The Kier molecular flexibility index (Phi) is 5.17. The monoisotopic (exact) mass is 309 g/mol. The molecule has 0 fully saturated rings. The molecule has 0 saturated carbocycles. The minimum Gasteiger partial charge on any atom is -0.387 e. The van der Waals surface area contributed by atoms with E-state index in [1.54, 1.807) is 35.6 Å². The number of hydrogen-bond donors (Lipinski definition) is 2. The summed E-state index contributed by atoms with van der Waals surface area (Å²) in [6, 6.07) is 8.87. The zero-order chi connectivity index (χ0) is 14.5. The van der Waals surface area contributed by atoms with Crippen LogP contribution in [0.25, 0.3) is 0 Å². The van der Waals surface area contributed by atoms with Crippen molar-refractivity contribution in [3.63, 3.8) is 0 Å². The number of halogens is 1. The maximum absolute atomic E-state index is 12.0. The summed E-state index contributed by atoms with van der Waals surface area (Å²) in [6.07, 6.45) is -0.731. The van der Waals surface area contributed by atoms with Gasteiger partial charge in [-0.05, 0) is 47.0 Å². The molecule has 3 nitrogen and oxygen atoms in total. The van der Waals surface area contributed by atoms with Gasteiger partial charge in [0.2, 0.25) is 5.91 Å². The fraction of sp³-hybridized carbons (Fsp3) is 0.267. The van der Waals surface area contributed by atoms with Crippen molar-refractivity contribution in [2.75, 3.05) is 6.54 Å². The highest BCUT2D eigenvalue weighted by molar-refractivity contribution is 7.08. The lowest BCUT2D eigenvalue weighted by atomic mass is 10.0. The van der Waals surface area contributed by atoms with Crippen LogP contribution in [0, 0.1) is 0 Å². The first-order valence-electron chi connectivity index (χ1n) is 6.31. The average Bonchev–Trinajstić information content (AvgIpc) is 2.98. The first-order valence-corrected chi connectivity index (χ1v) is 7.63. The molecule has 0 aliphatic heterocycles. The molecule has 2 rings (SSSR count). The normalized spacial score (nSPS) is 13.8. The van der Waals surface area contributed by atoms with E-state index in [1.807, 2.05) is 23.8 Å². The molecular weight excluding hydrogens is 294 g/mol. The van der Waals surface area contributed by atoms with Gasteiger partial charge in [-0.25, -0.2) is 0 Å². The van der Waals surface area contributed by atoms with Gasteiger partial charge in [0.15, 0.2) is 0 Å². The van der Waals surface area contributed by atoms with Crippen molar-refractivity contribution in [2.24, 2.45) is 0 Å². The standard InChI is InChI=1S/C15H16ClNO2S/c1-10(12-6-7-20-9-12)15(19)17-8-14(18)11-2-4-13(16)5-3-11/h2-7,9-10,14,18H,8H2,1H3,(H,17,19). The number of rotatable bonds is 5. The summed E-state index contributed by atoms with van der Waals surface area (Å²) in [5, 5.41) is 17.3. The van der Waals surface area contributed by atoms with Crippen molar-refractivity contribution in [3.05, 3.63) is 57.2 Å². The highest BCUT2D eigenvalue weighted by Gasteiger charge is 2.16. The van der Waals surface area contributed by atoms with Crippen molar-refractivity contribution >= 4 is 28.8 Å². The van der Waals surface area contributed by atoms with E-state index in [0.29, 0.717) is 5.02 Å². The molecule has 0 saturated heterocycles. The SMILES string of the molecule is CC(C(=O)NCC(O)c1ccc(Cl)cc1)c1ccsc1. The van der Waals surface area contributed by atoms with Gasteiger partial charge in [0.1, 0.15) is 0 Å². The maximum atomic E-state index is 12.0. The number of nitrogens with one attached hydrogen (secondary N) is 1. The average molecular weight is 310 g/mol. The minimum atomic E-state index is -0.731. The lowest BCUT2D eigenvalue weighted by Crippen LogP contribution is -2.31. The number of hydrogen-bond acceptors (Lipinski definition) is 3. The van der Waals surface area contributed by atoms with Crippen LogP contribution in [0.3, 0.4) is 0 Å². The van der Waals surface area contributed by atoms with Gasteiger partial charge in [-0.2, -0.15) is 11.3 Å². The van der Waals surface area contributed by atoms with Crippen LogP contribution in [-0.4, -0.2) is 17.6 Å². The predicted octanol–water partition coefficient (Wildman–Crippen LogP) is 3.35. The van der Waals surface area contributed by atoms with Crippen LogP contribution < -0.4 is 5.32 Å². The van der Waals surface area contributed by atoms with Crippen molar-refractivity contribution in [1.82, 2.24) is 5.32 Å². The van der Waals surface area contributed by atoms with Crippen LogP contribution in [0.2, 0.25) is 5.02 Å². The predicted molar refractivity (Wildman–Crippen MR) is 82.2 cm³/mol. The van der Waals surface area contributed by atoms with E-state index < -0.39 is 6.10 Å². The van der Waals surface area contributed by atoms with Gasteiger partial charge in [-0.3, -0.25) is 4.79 Å². The molecule has 0 aliphatic rings. The first kappa shape index (κ1) is 15.0. The van der Waals surface area contributed by atoms with Crippen LogP contribution in [0.1, 0.15) is 30.1 Å². The second-order valence-electron chi connectivity index (χ2n) is 4.59. The molecule has 2 N–H and O–H groups in total. The van der Waals surface area contributed by atoms with E-state index in [4.69, 9.17) is 11.6 Å². The van der Waals surface area contributed by atoms with Gasteiger partial charge in [0, 0.05) is 11.6 Å². The summed E-state index contributed by atoms with van der Waals surface area (Å²) < 4.78 is 0. The Labute approximate surface area is 127 Å². The molecule has 106 valence electrons. The van der Waals surface area contributed by atoms with Crippen molar-refractivity contribution < 1.29 is 9.90 Å². The van der Waals surface area contributed by atoms with Crippen molar-refractivity contribution in [1.29, 1.82) is 0 Å².